The van der Waals surface area contributed by atoms with E-state index in [9.17, 15) is 0 Å². The van der Waals surface area contributed by atoms with Gasteiger partial charge in [0.25, 0.3) is 0 Å². The summed E-state index contributed by atoms with van der Waals surface area (Å²) >= 11 is 0. The molecular weight excluding hydrogens is 122 g/mol. The molecule has 0 fully saturated rings. The second-order valence-electron chi connectivity index (χ2n) is 3.50. The third-order valence-corrected chi connectivity index (χ3v) is 1.68. The molecule has 0 bridgehead atoms. The SMILES string of the molecule is C=CCN(CC)C(C)(C)C. The second-order valence-corrected chi connectivity index (χ2v) is 3.50. The summed E-state index contributed by atoms with van der Waals surface area (Å²) in [4.78, 5) is 2.38. The molecule has 0 aliphatic heterocycles. The number of hydrogen-bond acceptors (Lipinski definition) is 1. The Morgan fingerprint density at radius 2 is 1.90 bits per heavy atom. The predicted octanol–water partition coefficient (Wildman–Crippen LogP) is 2.29. The normalized spacial score (nSPS) is 12.1. The van der Waals surface area contributed by atoms with Crippen LogP contribution in [0.4, 0.5) is 0 Å². The molecule has 60 valence electrons. The molecule has 0 saturated carbocycles. The molecule has 0 aliphatic carbocycles. The van der Waals surface area contributed by atoms with E-state index in [1.165, 1.54) is 0 Å². The highest BCUT2D eigenvalue weighted by Gasteiger charge is 2.17. The topological polar surface area (TPSA) is 3.24 Å². The Hall–Kier alpha value is -0.300. The lowest BCUT2D eigenvalue weighted by Gasteiger charge is -2.33. The van der Waals surface area contributed by atoms with Gasteiger partial charge in [-0.3, -0.25) is 4.90 Å². The fourth-order valence-corrected chi connectivity index (χ4v) is 1.03. The van der Waals surface area contributed by atoms with Crippen LogP contribution in [0.3, 0.4) is 0 Å². The molecule has 0 aromatic rings. The van der Waals surface area contributed by atoms with Gasteiger partial charge in [-0.15, -0.1) is 6.58 Å². The zero-order chi connectivity index (χ0) is 8.20. The van der Waals surface area contributed by atoms with Crippen LogP contribution in [0.5, 0.6) is 0 Å². The fraction of sp³-hybridized carbons (Fsp3) is 0.778. The van der Waals surface area contributed by atoms with Gasteiger partial charge in [0.2, 0.25) is 0 Å². The second kappa shape index (κ2) is 3.77. The predicted molar refractivity (Wildman–Crippen MR) is 47.2 cm³/mol. The van der Waals surface area contributed by atoms with Crippen molar-refractivity contribution in [2.45, 2.75) is 33.2 Å². The van der Waals surface area contributed by atoms with E-state index in [0.29, 0.717) is 0 Å². The van der Waals surface area contributed by atoms with Gasteiger partial charge >= 0.3 is 0 Å². The highest BCUT2D eigenvalue weighted by Crippen LogP contribution is 2.11. The van der Waals surface area contributed by atoms with Crippen LogP contribution in [0.15, 0.2) is 12.7 Å². The van der Waals surface area contributed by atoms with Gasteiger partial charge in [-0.05, 0) is 27.3 Å². The molecule has 0 rings (SSSR count). The zero-order valence-corrected chi connectivity index (χ0v) is 7.65. The van der Waals surface area contributed by atoms with Crippen LogP contribution in [0.25, 0.3) is 0 Å². The summed E-state index contributed by atoms with van der Waals surface area (Å²) in [5.74, 6) is 0. The molecule has 0 amide bonds. The highest BCUT2D eigenvalue weighted by atomic mass is 15.2. The molecule has 0 unspecified atom stereocenters. The Labute approximate surface area is 64.7 Å². The van der Waals surface area contributed by atoms with Gasteiger partial charge in [-0.1, -0.05) is 13.0 Å². The van der Waals surface area contributed by atoms with Gasteiger partial charge in [0.1, 0.15) is 0 Å². The largest absolute Gasteiger partial charge is 0.295 e. The summed E-state index contributed by atoms with van der Waals surface area (Å²) in [7, 11) is 0. The van der Waals surface area contributed by atoms with Crippen molar-refractivity contribution in [3.8, 4) is 0 Å². The van der Waals surface area contributed by atoms with E-state index in [4.69, 9.17) is 0 Å². The smallest absolute Gasteiger partial charge is 0.0165 e. The van der Waals surface area contributed by atoms with E-state index in [0.717, 1.165) is 13.1 Å². The quantitative estimate of drug-likeness (QED) is 0.545. The molecule has 0 N–H and O–H groups in total. The Bertz CT molecular complexity index is 99.8. The van der Waals surface area contributed by atoms with E-state index < -0.39 is 0 Å². The van der Waals surface area contributed by atoms with E-state index >= 15 is 0 Å². The van der Waals surface area contributed by atoms with E-state index in [1.54, 1.807) is 0 Å². The first kappa shape index (κ1) is 9.70. The van der Waals surface area contributed by atoms with Crippen molar-refractivity contribution in [2.75, 3.05) is 13.1 Å². The van der Waals surface area contributed by atoms with Gasteiger partial charge in [0.15, 0.2) is 0 Å². The molecule has 0 aromatic heterocycles. The fourth-order valence-electron chi connectivity index (χ4n) is 1.03. The first-order valence-corrected chi connectivity index (χ1v) is 3.88. The molecule has 0 saturated heterocycles. The van der Waals surface area contributed by atoms with Crippen molar-refractivity contribution in [3.05, 3.63) is 12.7 Å². The van der Waals surface area contributed by atoms with Crippen LogP contribution in [-0.2, 0) is 0 Å². The zero-order valence-electron chi connectivity index (χ0n) is 7.65. The van der Waals surface area contributed by atoms with Crippen LogP contribution in [0, 0.1) is 0 Å². The highest BCUT2D eigenvalue weighted by molar-refractivity contribution is 4.81. The van der Waals surface area contributed by atoms with E-state index in [1.807, 2.05) is 6.08 Å². The number of likely N-dealkylation sites (N-methyl/N-ethyl adjacent to an activating group) is 1. The van der Waals surface area contributed by atoms with E-state index in [2.05, 4.69) is 39.2 Å². The van der Waals surface area contributed by atoms with Crippen molar-refractivity contribution < 1.29 is 0 Å². The van der Waals surface area contributed by atoms with Crippen molar-refractivity contribution in [1.82, 2.24) is 4.90 Å². The summed E-state index contributed by atoms with van der Waals surface area (Å²) < 4.78 is 0. The molecule has 1 nitrogen and oxygen atoms in total. The third-order valence-electron chi connectivity index (χ3n) is 1.68. The molecular formula is C9H19N. The van der Waals surface area contributed by atoms with Crippen molar-refractivity contribution >= 4 is 0 Å². The Morgan fingerprint density at radius 3 is 2.00 bits per heavy atom. The maximum Gasteiger partial charge on any atom is 0.0165 e. The summed E-state index contributed by atoms with van der Waals surface area (Å²) in [6, 6.07) is 0. The van der Waals surface area contributed by atoms with Gasteiger partial charge < -0.3 is 0 Å². The lowest BCUT2D eigenvalue weighted by molar-refractivity contribution is 0.163. The minimum Gasteiger partial charge on any atom is -0.295 e. The summed E-state index contributed by atoms with van der Waals surface area (Å²) in [6.45, 7) is 14.6. The van der Waals surface area contributed by atoms with Crippen LogP contribution in [-0.4, -0.2) is 23.5 Å². The molecule has 0 atom stereocenters. The molecule has 0 aromatic carbocycles. The molecule has 0 aliphatic rings. The maximum atomic E-state index is 3.72. The molecule has 0 heterocycles. The Morgan fingerprint density at radius 1 is 1.40 bits per heavy atom. The third kappa shape index (κ3) is 3.02. The minimum absolute atomic E-state index is 0.281. The lowest BCUT2D eigenvalue weighted by Crippen LogP contribution is -2.41. The maximum absolute atomic E-state index is 3.72. The van der Waals surface area contributed by atoms with Crippen molar-refractivity contribution in [3.63, 3.8) is 0 Å². The first-order chi connectivity index (χ1) is 4.52. The molecule has 10 heavy (non-hydrogen) atoms. The lowest BCUT2D eigenvalue weighted by atomic mass is 10.1. The number of nitrogens with zero attached hydrogens (tertiary/aromatic N) is 1. The first-order valence-electron chi connectivity index (χ1n) is 3.88. The minimum atomic E-state index is 0.281. The van der Waals surface area contributed by atoms with Crippen LogP contribution >= 0.6 is 0 Å². The van der Waals surface area contributed by atoms with Crippen LogP contribution in [0.1, 0.15) is 27.7 Å². The summed E-state index contributed by atoms with van der Waals surface area (Å²) in [5.41, 5.74) is 0.281. The molecule has 0 spiro atoms. The molecule has 0 radical (unpaired) electrons. The monoisotopic (exact) mass is 141 g/mol. The Balaban J connectivity index is 3.92. The summed E-state index contributed by atoms with van der Waals surface area (Å²) in [5, 5.41) is 0. The summed E-state index contributed by atoms with van der Waals surface area (Å²) in [6.07, 6.45) is 1.95. The standard InChI is InChI=1S/C9H19N/c1-6-8-10(7-2)9(3,4)5/h6H,1,7-8H2,2-5H3. The van der Waals surface area contributed by atoms with E-state index in [-0.39, 0.29) is 5.54 Å². The number of rotatable bonds is 3. The van der Waals surface area contributed by atoms with Crippen molar-refractivity contribution in [1.29, 1.82) is 0 Å². The average Bonchev–Trinajstić information content (AvgIpc) is 1.80. The van der Waals surface area contributed by atoms with Gasteiger partial charge in [-0.25, -0.2) is 0 Å². The van der Waals surface area contributed by atoms with Crippen LogP contribution in [0.2, 0.25) is 0 Å². The molecule has 1 heteroatoms. The van der Waals surface area contributed by atoms with Gasteiger partial charge in [0.05, 0.1) is 0 Å². The Kier molecular flexibility index (Phi) is 3.66. The van der Waals surface area contributed by atoms with Gasteiger partial charge in [0, 0.05) is 12.1 Å². The van der Waals surface area contributed by atoms with Crippen LogP contribution < -0.4 is 0 Å². The van der Waals surface area contributed by atoms with Crippen molar-refractivity contribution in [2.24, 2.45) is 0 Å². The van der Waals surface area contributed by atoms with Gasteiger partial charge in [-0.2, -0.15) is 0 Å². The average molecular weight is 141 g/mol. The number of hydrogen-bond donors (Lipinski definition) is 0.